The van der Waals surface area contributed by atoms with Crippen molar-refractivity contribution in [1.29, 1.82) is 0 Å². The number of aromatic nitrogens is 3. The molecule has 0 atom stereocenters. The number of nitrogens with one attached hydrogen (secondary N) is 2. The first-order chi connectivity index (χ1) is 14.1. The van der Waals surface area contributed by atoms with E-state index in [-0.39, 0.29) is 5.78 Å². The summed E-state index contributed by atoms with van der Waals surface area (Å²) in [5.41, 5.74) is 5.13. The summed E-state index contributed by atoms with van der Waals surface area (Å²) < 4.78 is 6.11. The van der Waals surface area contributed by atoms with Crippen LogP contribution in [-0.4, -0.2) is 52.0 Å². The maximum absolute atomic E-state index is 13.0. The van der Waals surface area contributed by atoms with Crippen molar-refractivity contribution in [2.45, 2.75) is 20.4 Å². The van der Waals surface area contributed by atoms with Gasteiger partial charge in [0.25, 0.3) is 0 Å². The number of benzene rings is 1. The van der Waals surface area contributed by atoms with Gasteiger partial charge in [0.1, 0.15) is 5.75 Å². The van der Waals surface area contributed by atoms with E-state index in [0.29, 0.717) is 28.4 Å². The molecule has 0 spiro atoms. The third-order valence-electron chi connectivity index (χ3n) is 5.63. The van der Waals surface area contributed by atoms with E-state index in [1.807, 2.05) is 31.2 Å². The Labute approximate surface area is 168 Å². The molecule has 2 aliphatic heterocycles. The van der Waals surface area contributed by atoms with Crippen LogP contribution >= 0.6 is 0 Å². The number of hydrogen-bond donors (Lipinski definition) is 2. The lowest BCUT2D eigenvalue weighted by Crippen LogP contribution is -2.43. The molecule has 2 aliphatic rings. The van der Waals surface area contributed by atoms with Crippen molar-refractivity contribution >= 4 is 22.9 Å². The number of H-pyrrole nitrogens is 1. The van der Waals surface area contributed by atoms with Crippen molar-refractivity contribution in [2.24, 2.45) is 0 Å². The van der Waals surface area contributed by atoms with Gasteiger partial charge >= 0.3 is 0 Å². The van der Waals surface area contributed by atoms with Crippen LogP contribution in [0.1, 0.15) is 32.9 Å². The van der Waals surface area contributed by atoms with Gasteiger partial charge < -0.3 is 10.1 Å². The molecule has 2 N–H and O–H groups in total. The number of piperazine rings is 1. The Bertz CT molecular complexity index is 1140. The van der Waals surface area contributed by atoms with Crippen LogP contribution in [-0.2, 0) is 6.54 Å². The lowest BCUT2D eigenvalue weighted by atomic mass is 10.0. The molecular weight excluding hydrogens is 366 g/mol. The van der Waals surface area contributed by atoms with E-state index in [2.05, 4.69) is 32.3 Å². The summed E-state index contributed by atoms with van der Waals surface area (Å²) in [6.07, 6.45) is 1.71. The quantitative estimate of drug-likeness (QED) is 0.670. The predicted octanol–water partition coefficient (Wildman–Crippen LogP) is 2.60. The monoisotopic (exact) mass is 389 g/mol. The first-order valence-corrected chi connectivity index (χ1v) is 9.91. The van der Waals surface area contributed by atoms with Crippen molar-refractivity contribution in [3.63, 3.8) is 0 Å². The van der Waals surface area contributed by atoms with Gasteiger partial charge in [-0.3, -0.25) is 14.8 Å². The standard InChI is InChI=1S/C22H23N5O2/c1-13-3-5-16-20(28)19(11-18-15-6-4-14(2)24-22(15)26-25-18)29-21(16)17(13)12-27-9-7-23-8-10-27/h3-6,11,23H,7-10,12H2,1-2H3,(H,24,25,26)/b19-11-. The molecule has 2 aromatic heterocycles. The van der Waals surface area contributed by atoms with E-state index in [4.69, 9.17) is 4.74 Å². The average Bonchev–Trinajstić information content (AvgIpc) is 3.26. The molecule has 0 radical (unpaired) electrons. The van der Waals surface area contributed by atoms with Crippen molar-refractivity contribution in [2.75, 3.05) is 26.2 Å². The highest BCUT2D eigenvalue weighted by atomic mass is 16.5. The second kappa shape index (κ2) is 7.09. The number of allylic oxidation sites excluding steroid dienone is 1. The fourth-order valence-corrected chi connectivity index (χ4v) is 3.95. The van der Waals surface area contributed by atoms with E-state index >= 15 is 0 Å². The minimum atomic E-state index is -0.0993. The first-order valence-electron chi connectivity index (χ1n) is 9.91. The molecule has 7 nitrogen and oxygen atoms in total. The molecule has 1 saturated heterocycles. The highest BCUT2D eigenvalue weighted by molar-refractivity contribution is 6.15. The SMILES string of the molecule is Cc1ccc2c(/C=C3\Oc4c(ccc(C)c4CN4CCNCC4)C3=O)n[nH]c2n1. The third kappa shape index (κ3) is 3.22. The fraction of sp³-hybridized carbons (Fsp3) is 0.318. The number of hydrogen-bond acceptors (Lipinski definition) is 6. The molecule has 0 bridgehead atoms. The Morgan fingerprint density at radius 2 is 2.00 bits per heavy atom. The van der Waals surface area contributed by atoms with E-state index in [1.165, 1.54) is 0 Å². The minimum absolute atomic E-state index is 0.0993. The predicted molar refractivity (Wildman–Crippen MR) is 111 cm³/mol. The van der Waals surface area contributed by atoms with E-state index in [0.717, 1.165) is 54.9 Å². The number of rotatable bonds is 3. The molecule has 0 aliphatic carbocycles. The van der Waals surface area contributed by atoms with Gasteiger partial charge in [0.05, 0.1) is 11.3 Å². The van der Waals surface area contributed by atoms with Gasteiger partial charge in [0, 0.05) is 55.4 Å². The smallest absolute Gasteiger partial charge is 0.232 e. The zero-order valence-corrected chi connectivity index (χ0v) is 16.6. The minimum Gasteiger partial charge on any atom is -0.452 e. The molecule has 1 fully saturated rings. The topological polar surface area (TPSA) is 83.1 Å². The van der Waals surface area contributed by atoms with Crippen LogP contribution in [0.5, 0.6) is 5.75 Å². The molecule has 4 heterocycles. The summed E-state index contributed by atoms with van der Waals surface area (Å²) in [5, 5.41) is 11.5. The summed E-state index contributed by atoms with van der Waals surface area (Å²) in [7, 11) is 0. The molecule has 5 rings (SSSR count). The number of aryl methyl sites for hydroxylation is 2. The second-order valence-electron chi connectivity index (χ2n) is 7.66. The van der Waals surface area contributed by atoms with Gasteiger partial charge in [0.2, 0.25) is 5.78 Å². The maximum atomic E-state index is 13.0. The van der Waals surface area contributed by atoms with Gasteiger partial charge in [-0.25, -0.2) is 4.98 Å². The molecule has 7 heteroatoms. The van der Waals surface area contributed by atoms with Crippen molar-refractivity contribution in [1.82, 2.24) is 25.4 Å². The van der Waals surface area contributed by atoms with Crippen LogP contribution in [0.15, 0.2) is 30.0 Å². The second-order valence-corrected chi connectivity index (χ2v) is 7.66. The zero-order chi connectivity index (χ0) is 20.0. The summed E-state index contributed by atoms with van der Waals surface area (Å²) in [6, 6.07) is 7.76. The number of aromatic amines is 1. The Kier molecular flexibility index (Phi) is 4.41. The van der Waals surface area contributed by atoms with Crippen LogP contribution in [0.3, 0.4) is 0 Å². The first kappa shape index (κ1) is 18.0. The molecule has 0 saturated carbocycles. The highest BCUT2D eigenvalue weighted by Crippen LogP contribution is 2.37. The molecule has 3 aromatic rings. The number of carbonyl (C=O) groups excluding carboxylic acids is 1. The normalized spacial score (nSPS) is 18.4. The molecule has 0 amide bonds. The maximum Gasteiger partial charge on any atom is 0.232 e. The number of nitrogens with zero attached hydrogens (tertiary/aromatic N) is 3. The largest absolute Gasteiger partial charge is 0.452 e. The average molecular weight is 389 g/mol. The molecule has 29 heavy (non-hydrogen) atoms. The summed E-state index contributed by atoms with van der Waals surface area (Å²) >= 11 is 0. The fourth-order valence-electron chi connectivity index (χ4n) is 3.95. The summed E-state index contributed by atoms with van der Waals surface area (Å²) in [5.74, 6) is 0.896. The van der Waals surface area contributed by atoms with E-state index in [1.54, 1.807) is 6.08 Å². The lowest BCUT2D eigenvalue weighted by molar-refractivity contribution is 0.101. The number of Topliss-reactive ketones (excluding diaryl/α,β-unsaturated/α-hetero) is 1. The third-order valence-corrected chi connectivity index (χ3v) is 5.63. The van der Waals surface area contributed by atoms with E-state index in [9.17, 15) is 4.79 Å². The van der Waals surface area contributed by atoms with Crippen LogP contribution < -0.4 is 10.1 Å². The Balaban J connectivity index is 1.50. The number of ether oxygens (including phenoxy) is 1. The van der Waals surface area contributed by atoms with Crippen LogP contribution in [0.25, 0.3) is 17.1 Å². The van der Waals surface area contributed by atoms with Gasteiger partial charge in [-0.15, -0.1) is 0 Å². The summed E-state index contributed by atoms with van der Waals surface area (Å²) in [6.45, 7) is 8.74. The van der Waals surface area contributed by atoms with E-state index < -0.39 is 0 Å². The van der Waals surface area contributed by atoms with Crippen LogP contribution in [0, 0.1) is 13.8 Å². The number of fused-ring (bicyclic) bond motifs is 2. The lowest BCUT2D eigenvalue weighted by Gasteiger charge is -2.28. The summed E-state index contributed by atoms with van der Waals surface area (Å²) in [4.78, 5) is 19.8. The van der Waals surface area contributed by atoms with Crippen molar-refractivity contribution < 1.29 is 9.53 Å². The Morgan fingerprint density at radius 3 is 2.83 bits per heavy atom. The van der Waals surface area contributed by atoms with Gasteiger partial charge in [-0.2, -0.15) is 5.10 Å². The van der Waals surface area contributed by atoms with Crippen LogP contribution in [0.2, 0.25) is 0 Å². The van der Waals surface area contributed by atoms with Crippen molar-refractivity contribution in [3.05, 3.63) is 58.1 Å². The Morgan fingerprint density at radius 1 is 1.17 bits per heavy atom. The number of ketones is 1. The van der Waals surface area contributed by atoms with Crippen molar-refractivity contribution in [3.8, 4) is 5.75 Å². The number of pyridine rings is 1. The number of carbonyl (C=O) groups is 1. The molecular formula is C22H23N5O2. The van der Waals surface area contributed by atoms with Gasteiger partial charge in [0.15, 0.2) is 11.4 Å². The zero-order valence-electron chi connectivity index (χ0n) is 16.6. The highest BCUT2D eigenvalue weighted by Gasteiger charge is 2.31. The molecule has 0 unspecified atom stereocenters. The van der Waals surface area contributed by atoms with Gasteiger partial charge in [-0.05, 0) is 37.6 Å². The Hall–Kier alpha value is -3.03. The molecule has 1 aromatic carbocycles. The molecule has 148 valence electrons. The van der Waals surface area contributed by atoms with Crippen LogP contribution in [0.4, 0.5) is 0 Å². The van der Waals surface area contributed by atoms with Gasteiger partial charge in [-0.1, -0.05) is 6.07 Å².